The molecule has 0 radical (unpaired) electrons. The molecule has 1 aromatic heterocycles. The van der Waals surface area contributed by atoms with Crippen molar-refractivity contribution in [1.29, 1.82) is 0 Å². The van der Waals surface area contributed by atoms with Crippen LogP contribution >= 0.6 is 11.8 Å². The Morgan fingerprint density at radius 2 is 2.69 bits per heavy atom. The molecule has 2 rings (SSSR count). The number of aromatic nitrogens is 3. The zero-order valence-corrected chi connectivity index (χ0v) is 9.96. The SMILES string of the molecule is Cn1ncnc1NC(=O)CC1CSCCN1. The van der Waals surface area contributed by atoms with Crippen LogP contribution in [-0.2, 0) is 11.8 Å². The fraction of sp³-hybridized carbons (Fsp3) is 0.667. The van der Waals surface area contributed by atoms with Crippen molar-refractivity contribution in [1.82, 2.24) is 20.1 Å². The van der Waals surface area contributed by atoms with Crippen molar-refractivity contribution in [3.8, 4) is 0 Å². The van der Waals surface area contributed by atoms with Crippen molar-refractivity contribution in [2.45, 2.75) is 12.5 Å². The molecule has 0 aliphatic carbocycles. The van der Waals surface area contributed by atoms with Crippen LogP contribution < -0.4 is 10.6 Å². The minimum absolute atomic E-state index is 0.0175. The van der Waals surface area contributed by atoms with E-state index in [0.717, 1.165) is 18.1 Å². The van der Waals surface area contributed by atoms with Crippen molar-refractivity contribution in [3.63, 3.8) is 0 Å². The van der Waals surface area contributed by atoms with Crippen molar-refractivity contribution in [2.75, 3.05) is 23.4 Å². The lowest BCUT2D eigenvalue weighted by atomic mass is 10.2. The first-order valence-corrected chi connectivity index (χ1v) is 6.36. The molecule has 2 heterocycles. The summed E-state index contributed by atoms with van der Waals surface area (Å²) in [4.78, 5) is 15.6. The molecule has 7 heteroatoms. The maximum absolute atomic E-state index is 11.7. The van der Waals surface area contributed by atoms with E-state index >= 15 is 0 Å². The van der Waals surface area contributed by atoms with Crippen molar-refractivity contribution < 1.29 is 4.79 Å². The monoisotopic (exact) mass is 241 g/mol. The summed E-state index contributed by atoms with van der Waals surface area (Å²) < 4.78 is 1.54. The predicted molar refractivity (Wildman–Crippen MR) is 63.4 cm³/mol. The number of anilines is 1. The molecule has 1 aliphatic heterocycles. The molecule has 1 saturated heterocycles. The smallest absolute Gasteiger partial charge is 0.228 e. The average Bonchev–Trinajstić information content (AvgIpc) is 2.66. The van der Waals surface area contributed by atoms with E-state index in [1.807, 2.05) is 11.8 Å². The lowest BCUT2D eigenvalue weighted by Crippen LogP contribution is -2.40. The second-order valence-electron chi connectivity index (χ2n) is 3.69. The first-order valence-electron chi connectivity index (χ1n) is 5.20. The summed E-state index contributed by atoms with van der Waals surface area (Å²) in [7, 11) is 1.75. The number of nitrogens with one attached hydrogen (secondary N) is 2. The van der Waals surface area contributed by atoms with Crippen LogP contribution in [0.1, 0.15) is 6.42 Å². The number of hydrogen-bond acceptors (Lipinski definition) is 5. The van der Waals surface area contributed by atoms with Gasteiger partial charge in [0.15, 0.2) is 0 Å². The van der Waals surface area contributed by atoms with Gasteiger partial charge in [-0.25, -0.2) is 4.68 Å². The van der Waals surface area contributed by atoms with Gasteiger partial charge in [-0.05, 0) is 0 Å². The highest BCUT2D eigenvalue weighted by molar-refractivity contribution is 7.99. The molecule has 0 aromatic carbocycles. The summed E-state index contributed by atoms with van der Waals surface area (Å²) >= 11 is 1.88. The third kappa shape index (κ3) is 2.96. The molecular weight excluding hydrogens is 226 g/mol. The van der Waals surface area contributed by atoms with Gasteiger partial charge in [-0.1, -0.05) is 0 Å². The Labute approximate surface area is 98.2 Å². The van der Waals surface area contributed by atoms with Gasteiger partial charge in [0.1, 0.15) is 6.33 Å². The largest absolute Gasteiger partial charge is 0.312 e. The molecule has 1 aromatic rings. The third-order valence-corrected chi connectivity index (χ3v) is 3.52. The number of thioether (sulfide) groups is 1. The Bertz CT molecular complexity index is 361. The van der Waals surface area contributed by atoms with E-state index < -0.39 is 0 Å². The summed E-state index contributed by atoms with van der Waals surface area (Å²) in [6, 6.07) is 0.270. The summed E-state index contributed by atoms with van der Waals surface area (Å²) in [5, 5.41) is 9.95. The molecule has 0 spiro atoms. The van der Waals surface area contributed by atoms with Gasteiger partial charge < -0.3 is 5.32 Å². The Kier molecular flexibility index (Phi) is 3.79. The standard InChI is InChI=1S/C9H15N5OS/c1-14-9(11-6-12-14)13-8(15)4-7-5-16-3-2-10-7/h6-7,10H,2-5H2,1H3,(H,11,12,13,15). The summed E-state index contributed by atoms with van der Waals surface area (Å²) in [5.41, 5.74) is 0. The van der Waals surface area contributed by atoms with Crippen molar-refractivity contribution in [2.24, 2.45) is 7.05 Å². The van der Waals surface area contributed by atoms with Gasteiger partial charge in [-0.2, -0.15) is 21.8 Å². The van der Waals surface area contributed by atoms with Gasteiger partial charge in [0.2, 0.25) is 11.9 Å². The molecule has 0 saturated carbocycles. The third-order valence-electron chi connectivity index (χ3n) is 2.39. The lowest BCUT2D eigenvalue weighted by Gasteiger charge is -2.22. The van der Waals surface area contributed by atoms with Crippen LogP contribution in [0, 0.1) is 0 Å². The number of rotatable bonds is 3. The van der Waals surface area contributed by atoms with Crippen LogP contribution in [0.15, 0.2) is 6.33 Å². The Morgan fingerprint density at radius 1 is 1.81 bits per heavy atom. The molecule has 1 unspecified atom stereocenters. The van der Waals surface area contributed by atoms with Gasteiger partial charge in [0.05, 0.1) is 0 Å². The van der Waals surface area contributed by atoms with E-state index in [2.05, 4.69) is 20.7 Å². The second-order valence-corrected chi connectivity index (χ2v) is 4.84. The van der Waals surface area contributed by atoms with Crippen LogP contribution in [-0.4, -0.2) is 44.8 Å². The first kappa shape index (κ1) is 11.4. The molecular formula is C9H15N5OS. The fourth-order valence-corrected chi connectivity index (χ4v) is 2.51. The summed E-state index contributed by atoms with van der Waals surface area (Å²) in [6.45, 7) is 0.979. The van der Waals surface area contributed by atoms with E-state index in [1.54, 1.807) is 11.7 Å². The molecule has 2 N–H and O–H groups in total. The van der Waals surface area contributed by atoms with Crippen molar-refractivity contribution >= 4 is 23.6 Å². The van der Waals surface area contributed by atoms with E-state index in [1.165, 1.54) is 6.33 Å². The van der Waals surface area contributed by atoms with Crippen LogP contribution in [0.4, 0.5) is 5.95 Å². The van der Waals surface area contributed by atoms with E-state index in [-0.39, 0.29) is 11.9 Å². The molecule has 1 fully saturated rings. The molecule has 88 valence electrons. The van der Waals surface area contributed by atoms with E-state index in [0.29, 0.717) is 12.4 Å². The Hall–Kier alpha value is -1.08. The quantitative estimate of drug-likeness (QED) is 0.770. The lowest BCUT2D eigenvalue weighted by molar-refractivity contribution is -0.116. The molecule has 1 amide bonds. The summed E-state index contributed by atoms with van der Waals surface area (Å²) in [6.07, 6.45) is 1.91. The zero-order chi connectivity index (χ0) is 11.4. The van der Waals surface area contributed by atoms with Crippen LogP contribution in [0.5, 0.6) is 0 Å². The van der Waals surface area contributed by atoms with Crippen molar-refractivity contribution in [3.05, 3.63) is 6.33 Å². The minimum Gasteiger partial charge on any atom is -0.312 e. The average molecular weight is 241 g/mol. The highest BCUT2D eigenvalue weighted by atomic mass is 32.2. The number of amides is 1. The van der Waals surface area contributed by atoms with Crippen LogP contribution in [0.2, 0.25) is 0 Å². The summed E-state index contributed by atoms with van der Waals surface area (Å²) in [5.74, 6) is 2.60. The maximum Gasteiger partial charge on any atom is 0.228 e. The predicted octanol–water partition coefficient (Wildman–Crippen LogP) is -0.151. The Morgan fingerprint density at radius 3 is 3.31 bits per heavy atom. The Balaban J connectivity index is 1.82. The number of carbonyl (C=O) groups is 1. The zero-order valence-electron chi connectivity index (χ0n) is 9.14. The van der Waals surface area contributed by atoms with Gasteiger partial charge in [0.25, 0.3) is 0 Å². The molecule has 0 bridgehead atoms. The number of carbonyl (C=O) groups excluding carboxylic acids is 1. The highest BCUT2D eigenvalue weighted by Crippen LogP contribution is 2.11. The fourth-order valence-electron chi connectivity index (χ4n) is 1.56. The van der Waals surface area contributed by atoms with E-state index in [4.69, 9.17) is 0 Å². The normalized spacial score (nSPS) is 20.7. The molecule has 1 atom stereocenters. The number of hydrogen-bond donors (Lipinski definition) is 2. The van der Waals surface area contributed by atoms with Crippen LogP contribution in [0.3, 0.4) is 0 Å². The van der Waals surface area contributed by atoms with E-state index in [9.17, 15) is 4.79 Å². The highest BCUT2D eigenvalue weighted by Gasteiger charge is 2.17. The van der Waals surface area contributed by atoms with Gasteiger partial charge >= 0.3 is 0 Å². The van der Waals surface area contributed by atoms with Gasteiger partial charge in [-0.15, -0.1) is 0 Å². The first-order chi connectivity index (χ1) is 7.75. The maximum atomic E-state index is 11.7. The second kappa shape index (κ2) is 5.31. The van der Waals surface area contributed by atoms with Gasteiger partial charge in [0, 0.05) is 37.6 Å². The number of aryl methyl sites for hydroxylation is 1. The molecule has 16 heavy (non-hydrogen) atoms. The number of nitrogens with zero attached hydrogens (tertiary/aromatic N) is 3. The molecule has 1 aliphatic rings. The van der Waals surface area contributed by atoms with Crippen LogP contribution in [0.25, 0.3) is 0 Å². The minimum atomic E-state index is -0.0175. The molecule has 6 nitrogen and oxygen atoms in total. The topological polar surface area (TPSA) is 71.8 Å². The van der Waals surface area contributed by atoms with Gasteiger partial charge in [-0.3, -0.25) is 10.1 Å².